The highest BCUT2D eigenvalue weighted by Crippen LogP contribution is 2.35. The average Bonchev–Trinajstić information content (AvgIpc) is 2.51. The molecule has 0 saturated carbocycles. The molecule has 18 heavy (non-hydrogen) atoms. The quantitative estimate of drug-likeness (QED) is 0.841. The minimum Gasteiger partial charge on any atom is -0.378 e. The fourth-order valence-electron chi connectivity index (χ4n) is 3.66. The third-order valence-electron chi connectivity index (χ3n) is 4.72. The monoisotopic (exact) mass is 255 g/mol. The van der Waals surface area contributed by atoms with Gasteiger partial charge in [0.15, 0.2) is 0 Å². The molecule has 2 aliphatic rings. The van der Waals surface area contributed by atoms with E-state index in [1.807, 2.05) is 7.11 Å². The Morgan fingerprint density at radius 2 is 1.89 bits per heavy atom. The molecule has 0 radical (unpaired) electrons. The highest BCUT2D eigenvalue weighted by Gasteiger charge is 2.35. The Morgan fingerprint density at radius 3 is 2.56 bits per heavy atom. The first-order chi connectivity index (χ1) is 8.63. The summed E-state index contributed by atoms with van der Waals surface area (Å²) in [7, 11) is 1.89. The average molecular weight is 255 g/mol. The van der Waals surface area contributed by atoms with Crippen LogP contribution in [0.2, 0.25) is 0 Å². The zero-order valence-electron chi connectivity index (χ0n) is 12.2. The third kappa shape index (κ3) is 3.69. The summed E-state index contributed by atoms with van der Waals surface area (Å²) >= 11 is 0. The Balaban J connectivity index is 1.93. The van der Waals surface area contributed by atoms with Crippen LogP contribution in [0.25, 0.3) is 0 Å². The fourth-order valence-corrected chi connectivity index (χ4v) is 3.66. The second kappa shape index (κ2) is 6.36. The number of nitrogens with one attached hydrogen (secondary N) is 1. The molecule has 0 aromatic heterocycles. The molecular weight excluding hydrogens is 226 g/mol. The lowest BCUT2D eigenvalue weighted by Gasteiger charge is -2.39. The van der Waals surface area contributed by atoms with Crippen molar-refractivity contribution in [3.8, 4) is 0 Å². The van der Waals surface area contributed by atoms with E-state index in [0.29, 0.717) is 12.2 Å². The summed E-state index contributed by atoms with van der Waals surface area (Å²) in [5, 5.41) is 3.43. The summed E-state index contributed by atoms with van der Waals surface area (Å²) < 4.78 is 11.8. The van der Waals surface area contributed by atoms with Crippen molar-refractivity contribution >= 4 is 0 Å². The molecule has 2 heterocycles. The molecule has 2 rings (SSSR count). The van der Waals surface area contributed by atoms with Crippen molar-refractivity contribution in [2.24, 2.45) is 5.92 Å². The van der Waals surface area contributed by atoms with E-state index in [2.05, 4.69) is 19.2 Å². The topological polar surface area (TPSA) is 30.5 Å². The van der Waals surface area contributed by atoms with E-state index in [1.54, 1.807) is 0 Å². The Bertz CT molecular complexity index is 251. The maximum absolute atomic E-state index is 5.94. The molecule has 0 amide bonds. The van der Waals surface area contributed by atoms with Crippen LogP contribution in [0.4, 0.5) is 0 Å². The first kappa shape index (κ1) is 14.3. The van der Waals surface area contributed by atoms with E-state index in [0.717, 1.165) is 31.8 Å². The van der Waals surface area contributed by atoms with Crippen LogP contribution in [0.5, 0.6) is 0 Å². The van der Waals surface area contributed by atoms with Gasteiger partial charge in [0, 0.05) is 7.11 Å². The van der Waals surface area contributed by atoms with Gasteiger partial charge in [0.05, 0.1) is 17.8 Å². The van der Waals surface area contributed by atoms with Crippen molar-refractivity contribution < 1.29 is 9.47 Å². The van der Waals surface area contributed by atoms with Crippen LogP contribution >= 0.6 is 0 Å². The van der Waals surface area contributed by atoms with Gasteiger partial charge in [-0.25, -0.2) is 0 Å². The van der Waals surface area contributed by atoms with Crippen molar-refractivity contribution in [2.45, 2.75) is 70.2 Å². The first-order valence-corrected chi connectivity index (χ1v) is 7.55. The van der Waals surface area contributed by atoms with Gasteiger partial charge in [0.1, 0.15) is 0 Å². The van der Waals surface area contributed by atoms with E-state index in [9.17, 15) is 0 Å². The molecule has 1 N–H and O–H groups in total. The van der Waals surface area contributed by atoms with Gasteiger partial charge in [0.25, 0.3) is 0 Å². The molecule has 3 nitrogen and oxygen atoms in total. The van der Waals surface area contributed by atoms with Crippen molar-refractivity contribution in [3.63, 3.8) is 0 Å². The molecule has 3 heteroatoms. The lowest BCUT2D eigenvalue weighted by molar-refractivity contribution is -0.0553. The number of ether oxygens (including phenoxy) is 2. The number of hydrogen-bond acceptors (Lipinski definition) is 3. The van der Waals surface area contributed by atoms with Crippen molar-refractivity contribution in [2.75, 3.05) is 20.2 Å². The van der Waals surface area contributed by atoms with Gasteiger partial charge in [-0.05, 0) is 71.4 Å². The highest BCUT2D eigenvalue weighted by molar-refractivity contribution is 4.89. The van der Waals surface area contributed by atoms with E-state index in [4.69, 9.17) is 9.47 Å². The fraction of sp³-hybridized carbons (Fsp3) is 1.00. The van der Waals surface area contributed by atoms with Crippen molar-refractivity contribution in [1.82, 2.24) is 5.32 Å². The molecule has 1 unspecified atom stereocenters. The second-order valence-electron chi connectivity index (χ2n) is 6.28. The van der Waals surface area contributed by atoms with E-state index in [-0.39, 0.29) is 5.60 Å². The third-order valence-corrected chi connectivity index (χ3v) is 4.72. The van der Waals surface area contributed by atoms with Gasteiger partial charge in [-0.2, -0.15) is 0 Å². The molecule has 0 aromatic rings. The van der Waals surface area contributed by atoms with Gasteiger partial charge in [0.2, 0.25) is 0 Å². The smallest absolute Gasteiger partial charge is 0.0705 e. The van der Waals surface area contributed by atoms with Crippen LogP contribution in [-0.2, 0) is 9.47 Å². The molecule has 2 aliphatic heterocycles. The summed E-state index contributed by atoms with van der Waals surface area (Å²) in [5.41, 5.74) is 0.128. The summed E-state index contributed by atoms with van der Waals surface area (Å²) in [6, 6.07) is 0. The van der Waals surface area contributed by atoms with Crippen LogP contribution < -0.4 is 5.32 Å². The molecule has 0 spiro atoms. The van der Waals surface area contributed by atoms with Crippen LogP contribution in [0.3, 0.4) is 0 Å². The molecule has 2 saturated heterocycles. The second-order valence-corrected chi connectivity index (χ2v) is 6.28. The van der Waals surface area contributed by atoms with Gasteiger partial charge in [-0.15, -0.1) is 0 Å². The predicted octanol–water partition coefficient (Wildman–Crippen LogP) is 2.74. The standard InChI is InChI=1S/C15H29NO2/c1-12-4-5-14(10-13(2)18-12)11-15(17-3)6-8-16-9-7-15/h12-14,16H,4-11H2,1-3H3/t12-,13+,14?/m0/s1. The van der Waals surface area contributed by atoms with Gasteiger partial charge < -0.3 is 14.8 Å². The zero-order chi connectivity index (χ0) is 13.0. The molecule has 2 fully saturated rings. The van der Waals surface area contributed by atoms with Crippen molar-refractivity contribution in [3.05, 3.63) is 0 Å². The molecular formula is C15H29NO2. The van der Waals surface area contributed by atoms with Gasteiger partial charge in [-0.1, -0.05) is 0 Å². The Morgan fingerprint density at radius 1 is 1.17 bits per heavy atom. The number of hydrogen-bond donors (Lipinski definition) is 1. The first-order valence-electron chi connectivity index (χ1n) is 7.55. The predicted molar refractivity (Wildman–Crippen MR) is 73.8 cm³/mol. The number of piperidine rings is 1. The largest absolute Gasteiger partial charge is 0.378 e. The van der Waals surface area contributed by atoms with E-state index >= 15 is 0 Å². The number of methoxy groups -OCH3 is 1. The summed E-state index contributed by atoms with van der Waals surface area (Å²) in [6.45, 7) is 6.62. The molecule has 0 bridgehead atoms. The lowest BCUT2D eigenvalue weighted by Crippen LogP contribution is -2.44. The Labute approximate surface area is 112 Å². The summed E-state index contributed by atoms with van der Waals surface area (Å²) in [6.07, 6.45) is 8.06. The van der Waals surface area contributed by atoms with Crippen LogP contribution in [0.1, 0.15) is 52.4 Å². The molecule has 0 aliphatic carbocycles. The maximum atomic E-state index is 5.94. The Hall–Kier alpha value is -0.120. The van der Waals surface area contributed by atoms with Crippen LogP contribution in [0.15, 0.2) is 0 Å². The molecule has 3 atom stereocenters. The van der Waals surface area contributed by atoms with Crippen molar-refractivity contribution in [1.29, 1.82) is 0 Å². The maximum Gasteiger partial charge on any atom is 0.0705 e. The number of rotatable bonds is 3. The summed E-state index contributed by atoms with van der Waals surface area (Å²) in [5.74, 6) is 0.767. The highest BCUT2D eigenvalue weighted by atomic mass is 16.5. The zero-order valence-corrected chi connectivity index (χ0v) is 12.2. The lowest BCUT2D eigenvalue weighted by atomic mass is 9.79. The SMILES string of the molecule is COC1(CC2CC[C@H](C)O[C@H](C)C2)CCNCC1. The van der Waals surface area contributed by atoms with Gasteiger partial charge >= 0.3 is 0 Å². The minimum atomic E-state index is 0.128. The van der Waals surface area contributed by atoms with Gasteiger partial charge in [-0.3, -0.25) is 0 Å². The summed E-state index contributed by atoms with van der Waals surface area (Å²) in [4.78, 5) is 0. The van der Waals surface area contributed by atoms with Crippen LogP contribution in [-0.4, -0.2) is 38.0 Å². The van der Waals surface area contributed by atoms with E-state index < -0.39 is 0 Å². The normalized spacial score (nSPS) is 37.2. The Kier molecular flexibility index (Phi) is 5.05. The molecule has 0 aromatic carbocycles. The van der Waals surface area contributed by atoms with Crippen LogP contribution in [0, 0.1) is 5.92 Å². The minimum absolute atomic E-state index is 0.128. The molecule has 106 valence electrons. The van der Waals surface area contributed by atoms with E-state index in [1.165, 1.54) is 25.7 Å².